The monoisotopic (exact) mass is 653 g/mol. The van der Waals surface area contributed by atoms with Gasteiger partial charge in [0.2, 0.25) is 5.89 Å². The molecule has 2 heterocycles. The first-order chi connectivity index (χ1) is 25.2. The Kier molecular flexibility index (Phi) is 7.42. The molecule has 9 aromatic rings. The Hall–Kier alpha value is -7.23. The normalized spacial score (nSPS) is 11.1. The molecule has 0 atom stereocenters. The van der Waals surface area contributed by atoms with Gasteiger partial charge in [-0.2, -0.15) is 5.26 Å². The van der Waals surface area contributed by atoms with Crippen molar-refractivity contribution >= 4 is 21.9 Å². The van der Waals surface area contributed by atoms with Gasteiger partial charge < -0.3 is 4.42 Å². The van der Waals surface area contributed by atoms with Crippen molar-refractivity contribution in [1.29, 1.82) is 5.26 Å². The van der Waals surface area contributed by atoms with Crippen LogP contribution >= 0.6 is 0 Å². The number of benzene rings is 7. The van der Waals surface area contributed by atoms with Crippen molar-refractivity contribution in [3.05, 3.63) is 169 Å². The molecular weight excluding hydrogens is 627 g/mol. The van der Waals surface area contributed by atoms with Crippen LogP contribution < -0.4 is 0 Å². The van der Waals surface area contributed by atoms with Gasteiger partial charge in [0.05, 0.1) is 5.56 Å². The van der Waals surface area contributed by atoms with Crippen LogP contribution in [-0.2, 0) is 0 Å². The van der Waals surface area contributed by atoms with Crippen molar-refractivity contribution in [3.63, 3.8) is 0 Å². The SMILES string of the molecule is N#Cc1c(-c2cccc(-c3nc(-c4ccccc4)nc(-c4ccccc4)n3)c2)cccc1-c1ccccc1-c1nc2ccc3ccccc3c2o1. The number of nitriles is 1. The average Bonchev–Trinajstić information content (AvgIpc) is 3.66. The average molecular weight is 654 g/mol. The fourth-order valence-electron chi connectivity index (χ4n) is 6.58. The molecule has 0 saturated carbocycles. The molecule has 238 valence electrons. The summed E-state index contributed by atoms with van der Waals surface area (Å²) in [4.78, 5) is 19.6. The zero-order chi connectivity index (χ0) is 34.1. The maximum Gasteiger partial charge on any atom is 0.227 e. The van der Waals surface area contributed by atoms with Gasteiger partial charge in [0.1, 0.15) is 11.6 Å². The van der Waals surface area contributed by atoms with Gasteiger partial charge in [-0.25, -0.2) is 19.9 Å². The van der Waals surface area contributed by atoms with Gasteiger partial charge in [-0.05, 0) is 34.7 Å². The first-order valence-electron chi connectivity index (χ1n) is 16.6. The molecule has 9 rings (SSSR count). The minimum atomic E-state index is 0.506. The zero-order valence-corrected chi connectivity index (χ0v) is 27.2. The summed E-state index contributed by atoms with van der Waals surface area (Å²) < 4.78 is 6.45. The van der Waals surface area contributed by atoms with Gasteiger partial charge in [-0.3, -0.25) is 0 Å². The van der Waals surface area contributed by atoms with Crippen molar-refractivity contribution in [2.45, 2.75) is 0 Å². The Balaban J connectivity index is 1.16. The highest BCUT2D eigenvalue weighted by atomic mass is 16.3. The predicted octanol–water partition coefficient (Wildman–Crippen LogP) is 11.0. The molecular formula is C45H27N5O. The van der Waals surface area contributed by atoms with E-state index in [2.05, 4.69) is 18.2 Å². The van der Waals surface area contributed by atoms with Crippen LogP contribution in [0, 0.1) is 11.3 Å². The zero-order valence-electron chi connectivity index (χ0n) is 27.2. The van der Waals surface area contributed by atoms with Crippen LogP contribution in [0.5, 0.6) is 0 Å². The maximum atomic E-state index is 10.7. The van der Waals surface area contributed by atoms with Crippen LogP contribution in [-0.4, -0.2) is 19.9 Å². The quantitative estimate of drug-likeness (QED) is 0.177. The summed E-state index contributed by atoms with van der Waals surface area (Å²) >= 11 is 0. The highest BCUT2D eigenvalue weighted by molar-refractivity contribution is 6.03. The predicted molar refractivity (Wildman–Crippen MR) is 202 cm³/mol. The van der Waals surface area contributed by atoms with E-state index in [4.69, 9.17) is 24.4 Å². The van der Waals surface area contributed by atoms with Crippen LogP contribution in [0.1, 0.15) is 5.56 Å². The van der Waals surface area contributed by atoms with Crippen LogP contribution in [0.2, 0.25) is 0 Å². The van der Waals surface area contributed by atoms with Crippen molar-refractivity contribution in [2.75, 3.05) is 0 Å². The lowest BCUT2D eigenvalue weighted by molar-refractivity contribution is 0.623. The number of hydrogen-bond acceptors (Lipinski definition) is 6. The first kappa shape index (κ1) is 29.9. The van der Waals surface area contributed by atoms with Gasteiger partial charge in [-0.1, -0.05) is 146 Å². The Labute approximate surface area is 294 Å². The number of aromatic nitrogens is 4. The van der Waals surface area contributed by atoms with Crippen LogP contribution in [0.3, 0.4) is 0 Å². The van der Waals surface area contributed by atoms with E-state index in [1.807, 2.05) is 152 Å². The molecule has 6 nitrogen and oxygen atoms in total. The third-order valence-electron chi connectivity index (χ3n) is 9.03. The molecule has 2 aromatic heterocycles. The van der Waals surface area contributed by atoms with Crippen LogP contribution in [0.4, 0.5) is 0 Å². The molecule has 0 aliphatic heterocycles. The molecule has 0 radical (unpaired) electrons. The van der Waals surface area contributed by atoms with E-state index >= 15 is 0 Å². The second-order valence-corrected chi connectivity index (χ2v) is 12.2. The Morgan fingerprint density at radius 2 is 0.980 bits per heavy atom. The number of fused-ring (bicyclic) bond motifs is 3. The molecule has 0 fully saturated rings. The molecule has 51 heavy (non-hydrogen) atoms. The van der Waals surface area contributed by atoms with E-state index in [1.54, 1.807) is 0 Å². The van der Waals surface area contributed by atoms with Crippen LogP contribution in [0.25, 0.3) is 89.7 Å². The van der Waals surface area contributed by atoms with E-state index in [9.17, 15) is 5.26 Å². The molecule has 6 heteroatoms. The third-order valence-corrected chi connectivity index (χ3v) is 9.03. The number of hydrogen-bond donors (Lipinski definition) is 0. The number of nitrogens with zero attached hydrogens (tertiary/aromatic N) is 5. The second-order valence-electron chi connectivity index (χ2n) is 12.2. The summed E-state index contributed by atoms with van der Waals surface area (Å²) in [6, 6.07) is 56.4. The third kappa shape index (κ3) is 5.49. The van der Waals surface area contributed by atoms with E-state index < -0.39 is 0 Å². The minimum absolute atomic E-state index is 0.506. The fourth-order valence-corrected chi connectivity index (χ4v) is 6.58. The Bertz CT molecular complexity index is 2710. The highest BCUT2D eigenvalue weighted by Crippen LogP contribution is 2.39. The Morgan fingerprint density at radius 3 is 1.71 bits per heavy atom. The smallest absolute Gasteiger partial charge is 0.227 e. The summed E-state index contributed by atoms with van der Waals surface area (Å²) in [6.45, 7) is 0. The minimum Gasteiger partial charge on any atom is -0.435 e. The second kappa shape index (κ2) is 12.7. The van der Waals surface area contributed by atoms with Crippen molar-refractivity contribution < 1.29 is 4.42 Å². The molecule has 0 unspecified atom stereocenters. The summed E-state index contributed by atoms with van der Waals surface area (Å²) in [5, 5.41) is 12.8. The largest absolute Gasteiger partial charge is 0.435 e. The van der Waals surface area contributed by atoms with E-state index in [0.717, 1.165) is 66.4 Å². The van der Waals surface area contributed by atoms with E-state index in [0.29, 0.717) is 28.9 Å². The number of oxazole rings is 1. The van der Waals surface area contributed by atoms with Crippen molar-refractivity contribution in [3.8, 4) is 73.9 Å². The van der Waals surface area contributed by atoms with Gasteiger partial charge in [0.15, 0.2) is 23.1 Å². The molecule has 0 saturated heterocycles. The van der Waals surface area contributed by atoms with Gasteiger partial charge >= 0.3 is 0 Å². The van der Waals surface area contributed by atoms with Crippen molar-refractivity contribution in [2.24, 2.45) is 0 Å². The van der Waals surface area contributed by atoms with Crippen LogP contribution in [0.15, 0.2) is 168 Å². The van der Waals surface area contributed by atoms with Crippen molar-refractivity contribution in [1.82, 2.24) is 19.9 Å². The lowest BCUT2D eigenvalue weighted by atomic mass is 9.90. The molecule has 0 bridgehead atoms. The van der Waals surface area contributed by atoms with Gasteiger partial charge in [-0.15, -0.1) is 0 Å². The lowest BCUT2D eigenvalue weighted by Gasteiger charge is -2.13. The summed E-state index contributed by atoms with van der Waals surface area (Å²) in [6.07, 6.45) is 0. The fraction of sp³-hybridized carbons (Fsp3) is 0. The molecule has 0 aliphatic carbocycles. The molecule has 0 N–H and O–H groups in total. The summed E-state index contributed by atoms with van der Waals surface area (Å²) in [5.74, 6) is 2.24. The molecule has 0 amide bonds. The topological polar surface area (TPSA) is 88.5 Å². The van der Waals surface area contributed by atoms with E-state index in [-0.39, 0.29) is 0 Å². The number of rotatable bonds is 6. The lowest BCUT2D eigenvalue weighted by Crippen LogP contribution is -2.00. The molecule has 0 spiro atoms. The standard InChI is InChI=1S/C45H27N5O/c46-28-39-34(23-12-24-37(39)36-21-9-10-22-38(36)45-47-40-26-25-29-13-7-8-20-35(29)41(40)51-45)32-18-11-19-33(27-32)44-49-42(30-14-3-1-4-15-30)48-43(50-44)31-16-5-2-6-17-31/h1-27H. The Morgan fingerprint density at radius 1 is 0.431 bits per heavy atom. The molecule has 7 aromatic carbocycles. The highest BCUT2D eigenvalue weighted by Gasteiger charge is 2.20. The maximum absolute atomic E-state index is 10.7. The summed E-state index contributed by atoms with van der Waals surface area (Å²) in [5.41, 5.74) is 8.84. The molecule has 0 aliphatic rings. The van der Waals surface area contributed by atoms with Gasteiger partial charge in [0, 0.05) is 38.8 Å². The summed E-state index contributed by atoms with van der Waals surface area (Å²) in [7, 11) is 0. The van der Waals surface area contributed by atoms with E-state index in [1.165, 1.54) is 0 Å². The first-order valence-corrected chi connectivity index (χ1v) is 16.6. The van der Waals surface area contributed by atoms with Gasteiger partial charge in [0.25, 0.3) is 0 Å².